The zero-order chi connectivity index (χ0) is 23.0. The minimum absolute atomic E-state index is 0.0789. The van der Waals surface area contributed by atoms with Gasteiger partial charge in [0.05, 0.1) is 18.6 Å². The number of nitrogens with zero attached hydrogens (tertiary/aromatic N) is 4. The highest BCUT2D eigenvalue weighted by atomic mass is 35.5. The number of benzene rings is 2. The van der Waals surface area contributed by atoms with Crippen LogP contribution in [0.3, 0.4) is 0 Å². The second-order valence-electron chi connectivity index (χ2n) is 8.19. The monoisotopic (exact) mass is 450 g/mol. The van der Waals surface area contributed by atoms with Crippen molar-refractivity contribution >= 4 is 28.5 Å². The molecule has 0 saturated carbocycles. The van der Waals surface area contributed by atoms with Gasteiger partial charge < -0.3 is 4.57 Å². The SMILES string of the molecule is Cc1ccccc1-n1c(=O)n(CC(C)C)c(=O)c2c1ncn2CC(=O)c1ccc(Cl)cc1. The summed E-state index contributed by atoms with van der Waals surface area (Å²) in [6, 6.07) is 14.0. The van der Waals surface area contributed by atoms with Crippen molar-refractivity contribution in [3.05, 3.63) is 91.8 Å². The molecule has 0 aliphatic heterocycles. The van der Waals surface area contributed by atoms with E-state index >= 15 is 0 Å². The zero-order valence-corrected chi connectivity index (χ0v) is 18.8. The van der Waals surface area contributed by atoms with Gasteiger partial charge in [-0.3, -0.25) is 14.2 Å². The molecule has 2 aromatic heterocycles. The molecule has 2 aromatic carbocycles. The second kappa shape index (κ2) is 8.59. The van der Waals surface area contributed by atoms with Gasteiger partial charge in [0.2, 0.25) is 0 Å². The van der Waals surface area contributed by atoms with Crippen LogP contribution in [0.15, 0.2) is 64.4 Å². The van der Waals surface area contributed by atoms with E-state index in [2.05, 4.69) is 4.98 Å². The fourth-order valence-corrected chi connectivity index (χ4v) is 3.87. The summed E-state index contributed by atoms with van der Waals surface area (Å²) in [6.45, 7) is 5.95. The number of carbonyl (C=O) groups excluding carboxylic acids is 1. The number of hydrogen-bond donors (Lipinski definition) is 0. The van der Waals surface area contributed by atoms with Crippen molar-refractivity contribution in [1.29, 1.82) is 0 Å². The smallest absolute Gasteiger partial charge is 0.317 e. The van der Waals surface area contributed by atoms with E-state index in [4.69, 9.17) is 11.6 Å². The molecule has 2 heterocycles. The zero-order valence-electron chi connectivity index (χ0n) is 18.1. The molecule has 0 N–H and O–H groups in total. The Kier molecular flexibility index (Phi) is 5.84. The molecule has 4 rings (SSSR count). The van der Waals surface area contributed by atoms with Crippen LogP contribution in [0.5, 0.6) is 0 Å². The third-order valence-electron chi connectivity index (χ3n) is 5.28. The van der Waals surface area contributed by atoms with Crippen LogP contribution in [0.2, 0.25) is 5.02 Å². The maximum absolute atomic E-state index is 13.4. The number of aryl methyl sites for hydroxylation is 1. The molecule has 7 nitrogen and oxygen atoms in total. The van der Waals surface area contributed by atoms with Gasteiger partial charge in [-0.25, -0.2) is 14.3 Å². The summed E-state index contributed by atoms with van der Waals surface area (Å²) in [7, 11) is 0. The van der Waals surface area contributed by atoms with E-state index < -0.39 is 11.2 Å². The van der Waals surface area contributed by atoms with Crippen molar-refractivity contribution in [2.24, 2.45) is 5.92 Å². The van der Waals surface area contributed by atoms with Crippen LogP contribution in [0, 0.1) is 12.8 Å². The number of halogens is 1. The molecule has 0 unspecified atom stereocenters. The Balaban J connectivity index is 1.94. The Morgan fingerprint density at radius 1 is 1.06 bits per heavy atom. The summed E-state index contributed by atoms with van der Waals surface area (Å²) in [4.78, 5) is 44.0. The van der Waals surface area contributed by atoms with E-state index in [9.17, 15) is 14.4 Å². The van der Waals surface area contributed by atoms with Crippen molar-refractivity contribution < 1.29 is 4.79 Å². The van der Waals surface area contributed by atoms with E-state index in [1.807, 2.05) is 45.0 Å². The van der Waals surface area contributed by atoms with Gasteiger partial charge in [-0.2, -0.15) is 0 Å². The minimum atomic E-state index is -0.454. The number of rotatable bonds is 6. The van der Waals surface area contributed by atoms with E-state index in [1.54, 1.807) is 24.3 Å². The molecule has 0 radical (unpaired) electrons. The Hall–Kier alpha value is -3.45. The molecule has 0 spiro atoms. The number of fused-ring (bicyclic) bond motifs is 1. The third-order valence-corrected chi connectivity index (χ3v) is 5.54. The standard InChI is InChI=1S/C24H23ClN4O3/c1-15(2)12-28-23(31)21-22(29(24(28)32)19-7-5-4-6-16(19)3)26-14-27(21)13-20(30)17-8-10-18(25)11-9-17/h4-11,14-15H,12-13H2,1-3H3. The third kappa shape index (κ3) is 3.91. The second-order valence-corrected chi connectivity index (χ2v) is 8.63. The Morgan fingerprint density at radius 2 is 1.75 bits per heavy atom. The predicted octanol–water partition coefficient (Wildman–Crippen LogP) is 3.85. The summed E-state index contributed by atoms with van der Waals surface area (Å²) < 4.78 is 4.20. The molecule has 0 saturated heterocycles. The number of imidazole rings is 1. The first-order valence-electron chi connectivity index (χ1n) is 10.3. The van der Waals surface area contributed by atoms with E-state index in [0.29, 0.717) is 16.3 Å². The van der Waals surface area contributed by atoms with Crippen molar-refractivity contribution in [2.75, 3.05) is 0 Å². The van der Waals surface area contributed by atoms with Gasteiger partial charge in [0, 0.05) is 17.1 Å². The van der Waals surface area contributed by atoms with E-state index in [0.717, 1.165) is 5.56 Å². The normalized spacial score (nSPS) is 11.4. The highest BCUT2D eigenvalue weighted by Crippen LogP contribution is 2.18. The van der Waals surface area contributed by atoms with Crippen molar-refractivity contribution in [3.63, 3.8) is 0 Å². The van der Waals surface area contributed by atoms with Gasteiger partial charge in [-0.05, 0) is 48.7 Å². The van der Waals surface area contributed by atoms with E-state index in [1.165, 1.54) is 20.0 Å². The van der Waals surface area contributed by atoms with Crippen LogP contribution in [-0.2, 0) is 13.1 Å². The highest BCUT2D eigenvalue weighted by Gasteiger charge is 2.21. The van der Waals surface area contributed by atoms with Crippen LogP contribution < -0.4 is 11.2 Å². The molecular weight excluding hydrogens is 428 g/mol. The summed E-state index contributed by atoms with van der Waals surface area (Å²) in [5.41, 5.74) is 1.55. The Bertz CT molecular complexity index is 1430. The number of aromatic nitrogens is 4. The summed E-state index contributed by atoms with van der Waals surface area (Å²) in [5.74, 6) is -0.111. The van der Waals surface area contributed by atoms with E-state index in [-0.39, 0.29) is 36.0 Å². The molecule has 8 heteroatoms. The predicted molar refractivity (Wildman–Crippen MR) is 125 cm³/mol. The van der Waals surface area contributed by atoms with Gasteiger partial charge in [0.1, 0.15) is 0 Å². The van der Waals surface area contributed by atoms with Crippen molar-refractivity contribution in [2.45, 2.75) is 33.9 Å². The molecule has 0 aliphatic rings. The molecule has 4 aromatic rings. The van der Waals surface area contributed by atoms with Crippen molar-refractivity contribution in [3.8, 4) is 5.69 Å². The van der Waals surface area contributed by atoms with Gasteiger partial charge in [-0.1, -0.05) is 43.6 Å². The fraction of sp³-hybridized carbons (Fsp3) is 0.250. The first-order chi connectivity index (χ1) is 15.3. The first-order valence-corrected chi connectivity index (χ1v) is 10.7. The van der Waals surface area contributed by atoms with Gasteiger partial charge in [-0.15, -0.1) is 0 Å². The highest BCUT2D eigenvalue weighted by molar-refractivity contribution is 6.30. The summed E-state index contributed by atoms with van der Waals surface area (Å²) >= 11 is 5.92. The average molecular weight is 451 g/mol. The van der Waals surface area contributed by atoms with Gasteiger partial charge in [0.15, 0.2) is 16.9 Å². The fourth-order valence-electron chi connectivity index (χ4n) is 3.74. The molecule has 0 bridgehead atoms. The molecule has 32 heavy (non-hydrogen) atoms. The lowest BCUT2D eigenvalue weighted by Crippen LogP contribution is -2.41. The average Bonchev–Trinajstić information content (AvgIpc) is 3.16. The number of ketones is 1. The number of para-hydroxylation sites is 1. The van der Waals surface area contributed by atoms with Crippen LogP contribution in [-0.4, -0.2) is 24.5 Å². The molecule has 0 atom stereocenters. The molecule has 0 amide bonds. The number of Topliss-reactive ketones (excluding diaryl/α,β-unsaturated/α-hetero) is 1. The van der Waals surface area contributed by atoms with Crippen LogP contribution in [0.25, 0.3) is 16.9 Å². The van der Waals surface area contributed by atoms with Gasteiger partial charge in [0.25, 0.3) is 5.56 Å². The lowest BCUT2D eigenvalue weighted by atomic mass is 10.1. The number of carbonyl (C=O) groups is 1. The van der Waals surface area contributed by atoms with Crippen LogP contribution in [0.1, 0.15) is 29.8 Å². The lowest BCUT2D eigenvalue weighted by Gasteiger charge is -2.15. The molecule has 164 valence electrons. The summed E-state index contributed by atoms with van der Waals surface area (Å²) in [6.07, 6.45) is 1.44. The molecular formula is C24H23ClN4O3. The Morgan fingerprint density at radius 3 is 2.41 bits per heavy atom. The van der Waals surface area contributed by atoms with Gasteiger partial charge >= 0.3 is 5.69 Å². The first kappa shape index (κ1) is 21.8. The van der Waals surface area contributed by atoms with Crippen LogP contribution in [0.4, 0.5) is 0 Å². The van der Waals surface area contributed by atoms with Crippen molar-refractivity contribution in [1.82, 2.24) is 18.7 Å². The molecule has 0 aliphatic carbocycles. The number of hydrogen-bond acceptors (Lipinski definition) is 4. The van der Waals surface area contributed by atoms with Crippen LogP contribution >= 0.6 is 11.6 Å². The maximum atomic E-state index is 13.4. The maximum Gasteiger partial charge on any atom is 0.337 e. The lowest BCUT2D eigenvalue weighted by molar-refractivity contribution is 0.0973. The summed E-state index contributed by atoms with van der Waals surface area (Å²) in [5, 5.41) is 0.536. The Labute approximate surface area is 189 Å². The topological polar surface area (TPSA) is 78.9 Å². The largest absolute Gasteiger partial charge is 0.337 e. The molecule has 0 fully saturated rings. The minimum Gasteiger partial charge on any atom is -0.317 e. The quantitative estimate of drug-likeness (QED) is 0.418.